The van der Waals surface area contributed by atoms with E-state index in [1.165, 1.54) is 16.4 Å². The molecule has 4 rings (SSSR count). The van der Waals surface area contributed by atoms with E-state index >= 15 is 0 Å². The molecule has 4 heterocycles. The number of hydrogen-bond donors (Lipinski definition) is 1. The van der Waals surface area contributed by atoms with Gasteiger partial charge in [-0.1, -0.05) is 0 Å². The van der Waals surface area contributed by atoms with Crippen molar-refractivity contribution in [3.8, 4) is 23.0 Å². The van der Waals surface area contributed by atoms with Gasteiger partial charge in [-0.15, -0.1) is 10.2 Å². The number of furan rings is 1. The molecule has 0 fully saturated rings. The molecule has 0 saturated heterocycles. The molecule has 130 valence electrons. The van der Waals surface area contributed by atoms with Gasteiger partial charge in [0.05, 0.1) is 6.26 Å². The predicted molar refractivity (Wildman–Crippen MR) is 96.7 cm³/mol. The van der Waals surface area contributed by atoms with E-state index < -0.39 is 0 Å². The van der Waals surface area contributed by atoms with Crippen LogP contribution in [0.3, 0.4) is 0 Å². The van der Waals surface area contributed by atoms with Crippen LogP contribution in [-0.4, -0.2) is 29.8 Å². The summed E-state index contributed by atoms with van der Waals surface area (Å²) in [6, 6.07) is 7.30. The van der Waals surface area contributed by atoms with E-state index in [1.54, 1.807) is 30.8 Å². The maximum absolute atomic E-state index is 6.14. The monoisotopic (exact) mass is 365 g/mol. The van der Waals surface area contributed by atoms with Gasteiger partial charge in [0.2, 0.25) is 11.0 Å². The highest BCUT2D eigenvalue weighted by molar-refractivity contribution is 7.99. The molecule has 0 bridgehead atoms. The second-order valence-corrected chi connectivity index (χ2v) is 6.51. The van der Waals surface area contributed by atoms with Crippen LogP contribution in [0.4, 0.5) is 0 Å². The van der Waals surface area contributed by atoms with Crippen molar-refractivity contribution in [3.63, 3.8) is 0 Å². The molecule has 26 heavy (non-hydrogen) atoms. The molecule has 0 aliphatic heterocycles. The second-order valence-electron chi connectivity index (χ2n) is 5.55. The highest BCUT2D eigenvalue weighted by atomic mass is 32.2. The van der Waals surface area contributed by atoms with Gasteiger partial charge in [-0.2, -0.15) is 0 Å². The van der Waals surface area contributed by atoms with Crippen molar-refractivity contribution in [3.05, 3.63) is 54.2 Å². The third-order valence-corrected chi connectivity index (χ3v) is 4.93. The molecule has 0 aliphatic rings. The van der Waals surface area contributed by atoms with Gasteiger partial charge in [-0.25, -0.2) is 14.6 Å². The molecule has 8 nitrogen and oxygen atoms in total. The average Bonchev–Trinajstić information content (AvgIpc) is 3.30. The molecule has 0 unspecified atom stereocenters. The molecular weight excluding hydrogens is 350 g/mol. The predicted octanol–water partition coefficient (Wildman–Crippen LogP) is 2.87. The number of aromatic nitrogens is 6. The van der Waals surface area contributed by atoms with Crippen LogP contribution in [0.15, 0.2) is 57.5 Å². The molecule has 4 aromatic rings. The van der Waals surface area contributed by atoms with Gasteiger partial charge in [0.15, 0.2) is 11.6 Å². The van der Waals surface area contributed by atoms with E-state index in [4.69, 9.17) is 10.3 Å². The molecule has 0 amide bonds. The second kappa shape index (κ2) is 6.60. The molecule has 2 N–H and O–H groups in total. The molecule has 0 spiro atoms. The Morgan fingerprint density at radius 1 is 1.08 bits per heavy atom. The topological polar surface area (TPSA) is 109 Å². The fourth-order valence-corrected chi connectivity index (χ4v) is 3.21. The normalized spacial score (nSPS) is 11.0. The van der Waals surface area contributed by atoms with Crippen molar-refractivity contribution >= 4 is 11.8 Å². The molecule has 9 heteroatoms. The molecule has 0 aromatic carbocycles. The fourth-order valence-electron chi connectivity index (χ4n) is 2.34. The first-order valence-electron chi connectivity index (χ1n) is 7.81. The Kier molecular flexibility index (Phi) is 4.13. The van der Waals surface area contributed by atoms with Gasteiger partial charge in [-0.05, 0) is 49.9 Å². The third kappa shape index (κ3) is 2.93. The van der Waals surface area contributed by atoms with Gasteiger partial charge in [0, 0.05) is 29.2 Å². The van der Waals surface area contributed by atoms with E-state index in [0.29, 0.717) is 22.6 Å². The van der Waals surface area contributed by atoms with Crippen molar-refractivity contribution in [1.29, 1.82) is 0 Å². The van der Waals surface area contributed by atoms with Gasteiger partial charge in [0.1, 0.15) is 5.03 Å². The van der Waals surface area contributed by atoms with Gasteiger partial charge < -0.3 is 10.3 Å². The molecule has 4 aromatic heterocycles. The van der Waals surface area contributed by atoms with E-state index in [2.05, 4.69) is 25.1 Å². The van der Waals surface area contributed by atoms with Crippen LogP contribution < -0.4 is 5.84 Å². The first kappa shape index (κ1) is 16.3. The number of aryl methyl sites for hydroxylation is 1. The fraction of sp³-hybridized carbons (Fsp3) is 0.118. The summed E-state index contributed by atoms with van der Waals surface area (Å²) >= 11 is 1.34. The Balaban J connectivity index is 1.72. The number of nitrogens with two attached hydrogens (primary N) is 1. The smallest absolute Gasteiger partial charge is 0.218 e. The first-order chi connectivity index (χ1) is 12.6. The van der Waals surface area contributed by atoms with Crippen molar-refractivity contribution in [2.24, 2.45) is 0 Å². The standard InChI is InChI=1S/C17H15N7OS/c1-10-11(2)20-14(12-5-7-19-8-6-12)21-16(10)26-17-23-22-15(24(17)18)13-4-3-9-25-13/h3-9H,18H2,1-2H3. The number of pyridine rings is 1. The van der Waals surface area contributed by atoms with E-state index in [9.17, 15) is 0 Å². The van der Waals surface area contributed by atoms with Crippen LogP contribution in [0.1, 0.15) is 11.3 Å². The molecule has 0 atom stereocenters. The summed E-state index contributed by atoms with van der Waals surface area (Å²) in [5.74, 6) is 7.78. The molecule has 0 aliphatic carbocycles. The summed E-state index contributed by atoms with van der Waals surface area (Å²) < 4.78 is 6.73. The maximum Gasteiger partial charge on any atom is 0.218 e. The van der Waals surface area contributed by atoms with Gasteiger partial charge >= 0.3 is 0 Å². The van der Waals surface area contributed by atoms with Gasteiger partial charge in [0.25, 0.3) is 0 Å². The highest BCUT2D eigenvalue weighted by Gasteiger charge is 2.18. The van der Waals surface area contributed by atoms with Crippen molar-refractivity contribution in [1.82, 2.24) is 29.8 Å². The zero-order valence-corrected chi connectivity index (χ0v) is 14.9. The molecule has 0 saturated carbocycles. The Hall–Kier alpha value is -3.20. The van der Waals surface area contributed by atoms with Crippen LogP contribution in [-0.2, 0) is 0 Å². The van der Waals surface area contributed by atoms with Crippen LogP contribution >= 0.6 is 11.8 Å². The summed E-state index contributed by atoms with van der Waals surface area (Å²) in [6.45, 7) is 3.92. The van der Waals surface area contributed by atoms with Crippen LogP contribution in [0.5, 0.6) is 0 Å². The first-order valence-corrected chi connectivity index (χ1v) is 8.63. The number of nitrogen functional groups attached to an aromatic ring is 1. The van der Waals surface area contributed by atoms with Crippen LogP contribution in [0, 0.1) is 13.8 Å². The Morgan fingerprint density at radius 2 is 1.88 bits per heavy atom. The quantitative estimate of drug-likeness (QED) is 0.434. The third-order valence-electron chi connectivity index (χ3n) is 3.88. The Bertz CT molecular complexity index is 1040. The molecular formula is C17H15N7OS. The summed E-state index contributed by atoms with van der Waals surface area (Å²) in [6.07, 6.45) is 5.00. The van der Waals surface area contributed by atoms with Crippen molar-refractivity contribution in [2.45, 2.75) is 24.0 Å². The number of hydrogen-bond acceptors (Lipinski definition) is 8. The maximum atomic E-state index is 6.14. The lowest BCUT2D eigenvalue weighted by molar-refractivity contribution is 0.574. The van der Waals surface area contributed by atoms with E-state index in [0.717, 1.165) is 21.8 Å². The minimum atomic E-state index is 0.454. The summed E-state index contributed by atoms with van der Waals surface area (Å²) in [5, 5.41) is 9.55. The lowest BCUT2D eigenvalue weighted by Gasteiger charge is -2.09. The van der Waals surface area contributed by atoms with Gasteiger partial charge in [-0.3, -0.25) is 4.98 Å². The zero-order valence-electron chi connectivity index (χ0n) is 14.1. The van der Waals surface area contributed by atoms with Crippen molar-refractivity contribution in [2.75, 3.05) is 5.84 Å². The lowest BCUT2D eigenvalue weighted by atomic mass is 10.2. The summed E-state index contributed by atoms with van der Waals surface area (Å²) in [4.78, 5) is 13.3. The molecule has 0 radical (unpaired) electrons. The minimum absolute atomic E-state index is 0.454. The summed E-state index contributed by atoms with van der Waals surface area (Å²) in [5.41, 5.74) is 2.76. The zero-order chi connectivity index (χ0) is 18.1. The highest BCUT2D eigenvalue weighted by Crippen LogP contribution is 2.31. The van der Waals surface area contributed by atoms with E-state index in [-0.39, 0.29) is 0 Å². The van der Waals surface area contributed by atoms with Crippen LogP contribution in [0.25, 0.3) is 23.0 Å². The number of nitrogens with zero attached hydrogens (tertiary/aromatic N) is 6. The van der Waals surface area contributed by atoms with E-state index in [1.807, 2.05) is 26.0 Å². The summed E-state index contributed by atoms with van der Waals surface area (Å²) in [7, 11) is 0. The lowest BCUT2D eigenvalue weighted by Crippen LogP contribution is -2.11. The van der Waals surface area contributed by atoms with Crippen LogP contribution in [0.2, 0.25) is 0 Å². The number of rotatable bonds is 4. The Morgan fingerprint density at radius 3 is 2.62 bits per heavy atom. The average molecular weight is 365 g/mol. The minimum Gasteiger partial charge on any atom is -0.461 e. The SMILES string of the molecule is Cc1nc(-c2ccncc2)nc(Sc2nnc(-c3ccco3)n2N)c1C. The Labute approximate surface area is 153 Å². The largest absolute Gasteiger partial charge is 0.461 e. The van der Waals surface area contributed by atoms with Crippen molar-refractivity contribution < 1.29 is 4.42 Å².